The van der Waals surface area contributed by atoms with Gasteiger partial charge in [-0.1, -0.05) is 68.1 Å². The molecular formula is C30H37F3N4O5S. The van der Waals surface area contributed by atoms with E-state index in [2.05, 4.69) is 45.4 Å². The summed E-state index contributed by atoms with van der Waals surface area (Å²) in [5.74, 6) is -0.777. The van der Waals surface area contributed by atoms with Crippen molar-refractivity contribution in [3.8, 4) is 5.75 Å². The number of imidazole rings is 1. The fraction of sp³-hybridized carbons (Fsp3) is 0.467. The normalized spacial score (nSPS) is 18.8. The molecule has 1 aromatic heterocycles. The molecule has 43 heavy (non-hydrogen) atoms. The Hall–Kier alpha value is -3.42. The Morgan fingerprint density at radius 3 is 2.44 bits per heavy atom. The number of carboxylic acids is 1. The summed E-state index contributed by atoms with van der Waals surface area (Å²) in [5, 5.41) is 11.0. The molecule has 0 bridgehead atoms. The van der Waals surface area contributed by atoms with Gasteiger partial charge in [0.05, 0.1) is 6.33 Å². The molecule has 3 aromatic rings. The lowest BCUT2D eigenvalue weighted by molar-refractivity contribution is -0.192. The van der Waals surface area contributed by atoms with Gasteiger partial charge in [-0.15, -0.1) is 0 Å². The van der Waals surface area contributed by atoms with Gasteiger partial charge < -0.3 is 19.7 Å². The molecule has 2 heterocycles. The summed E-state index contributed by atoms with van der Waals surface area (Å²) < 4.78 is 67.6. The zero-order valence-corrected chi connectivity index (χ0v) is 24.7. The number of ether oxygens (including phenoxy) is 1. The second kappa shape index (κ2) is 14.4. The highest BCUT2D eigenvalue weighted by Crippen LogP contribution is 2.37. The minimum absolute atomic E-state index is 0.0276. The predicted molar refractivity (Wildman–Crippen MR) is 154 cm³/mol. The van der Waals surface area contributed by atoms with E-state index >= 15 is 0 Å². The number of hydrogen-bond acceptors (Lipinski definition) is 6. The number of alkyl halides is 3. The van der Waals surface area contributed by atoms with Crippen LogP contribution < -0.4 is 14.8 Å². The first-order valence-electron chi connectivity index (χ1n) is 14.2. The Morgan fingerprint density at radius 2 is 1.81 bits per heavy atom. The number of nitrogens with zero attached hydrogens (tertiary/aromatic N) is 2. The van der Waals surface area contributed by atoms with E-state index in [4.69, 9.17) is 14.6 Å². The minimum atomic E-state index is -5.08. The maximum absolute atomic E-state index is 12.7. The molecule has 2 aromatic carbocycles. The largest absolute Gasteiger partial charge is 0.492 e. The fourth-order valence-electron chi connectivity index (χ4n) is 5.51. The molecule has 2 aliphatic rings. The summed E-state index contributed by atoms with van der Waals surface area (Å²) in [4.78, 5) is 12.9. The highest BCUT2D eigenvalue weighted by Gasteiger charge is 2.38. The van der Waals surface area contributed by atoms with Crippen molar-refractivity contribution < 1.29 is 36.2 Å². The van der Waals surface area contributed by atoms with E-state index in [-0.39, 0.29) is 23.5 Å². The number of fused-ring (bicyclic) bond motifs is 1. The van der Waals surface area contributed by atoms with Gasteiger partial charge in [0.15, 0.2) is 5.03 Å². The van der Waals surface area contributed by atoms with Gasteiger partial charge in [0.1, 0.15) is 12.4 Å². The Bertz CT molecular complexity index is 1460. The molecule has 9 nitrogen and oxygen atoms in total. The number of benzene rings is 2. The van der Waals surface area contributed by atoms with Crippen LogP contribution >= 0.6 is 0 Å². The van der Waals surface area contributed by atoms with Crippen molar-refractivity contribution in [1.82, 2.24) is 19.6 Å². The van der Waals surface area contributed by atoms with E-state index in [1.54, 1.807) is 11.6 Å². The van der Waals surface area contributed by atoms with Gasteiger partial charge >= 0.3 is 12.1 Å². The van der Waals surface area contributed by atoms with Crippen LogP contribution in [0, 0.1) is 5.92 Å². The van der Waals surface area contributed by atoms with E-state index in [1.165, 1.54) is 50.2 Å². The number of nitrogens with one attached hydrogen (secondary N) is 2. The molecule has 1 aliphatic carbocycles. The van der Waals surface area contributed by atoms with Gasteiger partial charge in [-0.2, -0.15) is 13.2 Å². The smallest absolute Gasteiger partial charge is 0.490 e. The minimum Gasteiger partial charge on any atom is -0.492 e. The second-order valence-electron chi connectivity index (χ2n) is 11.0. The third-order valence-corrected chi connectivity index (χ3v) is 9.06. The molecule has 3 N–H and O–H groups in total. The van der Waals surface area contributed by atoms with Crippen LogP contribution in [-0.4, -0.2) is 54.4 Å². The highest BCUT2D eigenvalue weighted by atomic mass is 32.2. The third kappa shape index (κ3) is 9.28. The number of aliphatic carboxylic acids is 1. The second-order valence-corrected chi connectivity index (χ2v) is 12.7. The van der Waals surface area contributed by atoms with E-state index in [1.807, 2.05) is 18.2 Å². The lowest BCUT2D eigenvalue weighted by Crippen LogP contribution is -2.44. The lowest BCUT2D eigenvalue weighted by atomic mass is 9.83. The van der Waals surface area contributed by atoms with Crippen LogP contribution in [0.2, 0.25) is 0 Å². The molecule has 0 radical (unpaired) electrons. The molecule has 13 heteroatoms. The summed E-state index contributed by atoms with van der Waals surface area (Å²) >= 11 is 0. The summed E-state index contributed by atoms with van der Waals surface area (Å²) in [6.07, 6.45) is 5.48. The number of hydrogen-bond donors (Lipinski definition) is 3. The molecule has 1 saturated carbocycles. The first-order valence-corrected chi connectivity index (χ1v) is 15.7. The fourth-order valence-corrected chi connectivity index (χ4v) is 6.51. The topological polar surface area (TPSA) is 123 Å². The predicted octanol–water partition coefficient (Wildman–Crippen LogP) is 4.79. The number of aryl methyl sites for hydroxylation is 1. The highest BCUT2D eigenvalue weighted by molar-refractivity contribution is 7.89. The Balaban J connectivity index is 0.000000541. The molecule has 5 rings (SSSR count). The number of sulfonamides is 1. The molecule has 1 aliphatic heterocycles. The SMILES string of the molecule is Cn1cnc(S(=O)(=O)NCc2ccc3c(c2)[C@H](Cc2ccccc2)[C@H](NCCC2CCCC2)CO3)c1.O=C(O)C(F)(F)F. The molecule has 0 unspecified atom stereocenters. The average Bonchev–Trinajstić information content (AvgIpc) is 3.66. The van der Waals surface area contributed by atoms with Crippen molar-refractivity contribution in [2.24, 2.45) is 13.0 Å². The molecule has 0 saturated heterocycles. The Labute approximate surface area is 249 Å². The van der Waals surface area contributed by atoms with Gasteiger partial charge in [0, 0.05) is 31.7 Å². The van der Waals surface area contributed by atoms with Crippen LogP contribution in [-0.2, 0) is 34.8 Å². The van der Waals surface area contributed by atoms with Gasteiger partial charge in [0.25, 0.3) is 10.0 Å². The first-order chi connectivity index (χ1) is 20.4. The van der Waals surface area contributed by atoms with E-state index in [0.29, 0.717) is 6.61 Å². The summed E-state index contributed by atoms with van der Waals surface area (Å²) in [5.41, 5.74) is 3.33. The quantitative estimate of drug-likeness (QED) is 0.297. The molecule has 234 valence electrons. The Morgan fingerprint density at radius 1 is 1.12 bits per heavy atom. The molecule has 1 fully saturated rings. The third-order valence-electron chi connectivity index (χ3n) is 7.78. The monoisotopic (exact) mass is 622 g/mol. The lowest BCUT2D eigenvalue weighted by Gasteiger charge is -2.35. The number of carbonyl (C=O) groups is 1. The van der Waals surface area contributed by atoms with Crippen molar-refractivity contribution in [3.05, 3.63) is 77.7 Å². The number of rotatable bonds is 10. The maximum Gasteiger partial charge on any atom is 0.490 e. The standard InChI is InChI=1S/C28H36N4O3S.C2HF3O2/c1-32-18-28(30-20-32)36(33,34)31-17-23-11-12-27-25(16-23)24(15-22-9-3-2-4-10-22)26(19-35-27)29-14-13-21-7-5-6-8-21;3-2(4,5)1(6)7/h2-4,9-12,16,18,20-21,24,26,29,31H,5-8,13-15,17,19H2,1H3;(H,6,7)/t24-,26+;/m0./s1. The molecular weight excluding hydrogens is 585 g/mol. The molecule has 0 amide bonds. The maximum atomic E-state index is 12.7. The van der Waals surface area contributed by atoms with Crippen LogP contribution in [0.5, 0.6) is 5.75 Å². The zero-order valence-electron chi connectivity index (χ0n) is 23.9. The van der Waals surface area contributed by atoms with Gasteiger partial charge in [0.2, 0.25) is 0 Å². The van der Waals surface area contributed by atoms with E-state index in [0.717, 1.165) is 35.8 Å². The van der Waals surface area contributed by atoms with Gasteiger partial charge in [-0.3, -0.25) is 0 Å². The van der Waals surface area contributed by atoms with E-state index < -0.39 is 22.2 Å². The van der Waals surface area contributed by atoms with Crippen LogP contribution in [0.1, 0.15) is 54.7 Å². The molecule has 0 spiro atoms. The van der Waals surface area contributed by atoms with Crippen LogP contribution in [0.4, 0.5) is 13.2 Å². The van der Waals surface area contributed by atoms with Crippen molar-refractivity contribution in [2.45, 2.75) is 68.2 Å². The van der Waals surface area contributed by atoms with Crippen LogP contribution in [0.15, 0.2) is 66.1 Å². The number of aromatic nitrogens is 2. The Kier molecular flexibility index (Phi) is 10.9. The number of carboxylic acid groups (broad SMARTS) is 1. The average molecular weight is 623 g/mol. The van der Waals surface area contributed by atoms with Crippen LogP contribution in [0.3, 0.4) is 0 Å². The summed E-state index contributed by atoms with van der Waals surface area (Å²) in [7, 11) is -1.93. The van der Waals surface area contributed by atoms with Gasteiger partial charge in [-0.25, -0.2) is 22.9 Å². The summed E-state index contributed by atoms with van der Waals surface area (Å²) in [6, 6.07) is 16.8. The number of halogens is 3. The van der Waals surface area contributed by atoms with Crippen molar-refractivity contribution >= 4 is 16.0 Å². The van der Waals surface area contributed by atoms with Gasteiger partial charge in [-0.05, 0) is 48.1 Å². The first kappa shape index (κ1) is 32.5. The van der Waals surface area contributed by atoms with Crippen molar-refractivity contribution in [3.63, 3.8) is 0 Å². The van der Waals surface area contributed by atoms with Crippen molar-refractivity contribution in [2.75, 3.05) is 13.2 Å². The zero-order chi connectivity index (χ0) is 31.0. The summed E-state index contributed by atoms with van der Waals surface area (Å²) in [6.45, 7) is 1.84. The van der Waals surface area contributed by atoms with Crippen molar-refractivity contribution in [1.29, 1.82) is 0 Å². The molecule has 2 atom stereocenters. The van der Waals surface area contributed by atoms with Crippen LogP contribution in [0.25, 0.3) is 0 Å². The van der Waals surface area contributed by atoms with E-state index in [9.17, 15) is 21.6 Å².